The Labute approximate surface area is 34.6 Å². The van der Waals surface area contributed by atoms with Crippen LogP contribution in [0.3, 0.4) is 0 Å². The van der Waals surface area contributed by atoms with Crippen LogP contribution in [0.2, 0.25) is 6.32 Å². The summed E-state index contributed by atoms with van der Waals surface area (Å²) in [6.45, 7) is 2.24. The maximum absolute atomic E-state index is 2.24. The maximum atomic E-state index is 2.24. The van der Waals surface area contributed by atoms with Crippen LogP contribution in [0.1, 0.15) is 14.3 Å². The van der Waals surface area contributed by atoms with E-state index in [4.69, 9.17) is 0 Å². The van der Waals surface area contributed by atoms with Crippen LogP contribution in [0, 0.1) is 0 Å². The smallest absolute Gasteiger partial charge is 0 e. The van der Waals surface area contributed by atoms with E-state index in [2.05, 4.69) is 12.9 Å². The summed E-state index contributed by atoms with van der Waals surface area (Å²) in [6, 6.07) is 0. The predicted octanol–water partition coefficient (Wildman–Crippen LogP) is 0.951. The molecule has 1 heterocycles. The Morgan fingerprint density at radius 1 is 1.80 bits per heavy atom. The molecule has 1 heteroatoms. The van der Waals surface area contributed by atoms with E-state index in [-0.39, 0.29) is 1.43 Å². The Kier molecular flexibility index (Phi) is 0.873. The molecule has 0 unspecified atom stereocenters. The Hall–Kier alpha value is -0.0651. The average molecular weight is 67.9 g/mol. The molecule has 0 radical (unpaired) electrons. The molecule has 0 aromatic carbocycles. The fraction of sp³-hybridized carbons (Fsp3) is 0.750. The van der Waals surface area contributed by atoms with Gasteiger partial charge in [-0.3, -0.25) is 0 Å². The van der Waals surface area contributed by atoms with Crippen molar-refractivity contribution >= 4 is 12.9 Å². The standard InChI is InChI=1S/C4H7B.H2/c1-2-4-5-3-1;/h3H,1-2,4H2;1H. The van der Waals surface area contributed by atoms with Crippen molar-refractivity contribution in [1.82, 2.24) is 0 Å². The van der Waals surface area contributed by atoms with Gasteiger partial charge in [-0.2, -0.15) is 0 Å². The third-order valence-corrected chi connectivity index (χ3v) is 0.908. The second-order valence-electron chi connectivity index (χ2n) is 1.40. The van der Waals surface area contributed by atoms with Crippen LogP contribution in [0.15, 0.2) is 0 Å². The summed E-state index contributed by atoms with van der Waals surface area (Å²) in [4.78, 5) is 0. The monoisotopic (exact) mass is 68.1 g/mol. The zero-order chi connectivity index (χ0) is 3.54. The van der Waals surface area contributed by atoms with Crippen LogP contribution in [0.5, 0.6) is 0 Å². The van der Waals surface area contributed by atoms with E-state index in [9.17, 15) is 0 Å². The average Bonchev–Trinajstić information content (AvgIpc) is 1.76. The minimum Gasteiger partial charge on any atom is 0 e. The first-order valence-corrected chi connectivity index (χ1v) is 2.15. The normalized spacial score (nSPS) is 19.2. The van der Waals surface area contributed by atoms with Crippen LogP contribution >= 0.6 is 0 Å². The maximum Gasteiger partial charge on any atom is 0 e. The molecular weight excluding hydrogens is 58.9 g/mol. The van der Waals surface area contributed by atoms with Crippen molar-refractivity contribution in [2.75, 3.05) is 0 Å². The molecule has 28 valence electrons. The van der Waals surface area contributed by atoms with Crippen molar-refractivity contribution < 1.29 is 1.43 Å². The molecule has 1 aliphatic rings. The molecule has 0 amide bonds. The molecule has 0 aliphatic carbocycles. The summed E-state index contributed by atoms with van der Waals surface area (Å²) in [6.07, 6.45) is 4.03. The van der Waals surface area contributed by atoms with Crippen LogP contribution < -0.4 is 0 Å². The Balaban J connectivity index is 0.000000250. The van der Waals surface area contributed by atoms with E-state index in [0.717, 1.165) is 0 Å². The number of rotatable bonds is 0. The molecule has 0 spiro atoms. The molecule has 0 fully saturated rings. The fourth-order valence-corrected chi connectivity index (χ4v) is 0.589. The van der Waals surface area contributed by atoms with Gasteiger partial charge in [0.25, 0.3) is 0 Å². The van der Waals surface area contributed by atoms with Crippen molar-refractivity contribution in [1.29, 1.82) is 0 Å². The molecule has 0 aromatic rings. The first kappa shape index (κ1) is 3.14. The number of hydrogen-bond acceptors (Lipinski definition) is 0. The van der Waals surface area contributed by atoms with E-state index in [1.165, 1.54) is 19.2 Å². The Morgan fingerprint density at radius 2 is 2.80 bits per heavy atom. The van der Waals surface area contributed by atoms with E-state index < -0.39 is 0 Å². The molecule has 0 aromatic heterocycles. The van der Waals surface area contributed by atoms with Gasteiger partial charge in [0, 0.05) is 1.43 Å². The van der Waals surface area contributed by atoms with Gasteiger partial charge in [-0.05, 0) is 0 Å². The quantitative estimate of drug-likeness (QED) is 0.371. The summed E-state index contributed by atoms with van der Waals surface area (Å²) < 4.78 is 0. The predicted molar refractivity (Wildman–Crippen MR) is 28.0 cm³/mol. The van der Waals surface area contributed by atoms with Crippen LogP contribution in [-0.2, 0) is 0 Å². The van der Waals surface area contributed by atoms with E-state index in [1.807, 2.05) is 0 Å². The molecule has 1 rings (SSSR count). The fourth-order valence-electron chi connectivity index (χ4n) is 0.589. The van der Waals surface area contributed by atoms with Crippen molar-refractivity contribution in [3.63, 3.8) is 0 Å². The third kappa shape index (κ3) is 0.605. The zero-order valence-electron chi connectivity index (χ0n) is 3.28. The van der Waals surface area contributed by atoms with Crippen molar-refractivity contribution in [3.05, 3.63) is 0 Å². The van der Waals surface area contributed by atoms with E-state index in [1.54, 1.807) is 0 Å². The van der Waals surface area contributed by atoms with Gasteiger partial charge in [-0.1, -0.05) is 0 Å². The van der Waals surface area contributed by atoms with Crippen LogP contribution in [0.4, 0.5) is 0 Å². The zero-order valence-corrected chi connectivity index (χ0v) is 3.28. The molecular formula is C4H9B. The summed E-state index contributed by atoms with van der Waals surface area (Å²) in [5.74, 6) is 2.24. The molecule has 5 heavy (non-hydrogen) atoms. The third-order valence-electron chi connectivity index (χ3n) is 0.908. The minimum atomic E-state index is 0. The molecule has 1 aliphatic heterocycles. The summed E-state index contributed by atoms with van der Waals surface area (Å²) >= 11 is 0. The molecule has 0 nitrogen and oxygen atoms in total. The van der Waals surface area contributed by atoms with E-state index >= 15 is 0 Å². The van der Waals surface area contributed by atoms with Gasteiger partial charge in [-0.25, -0.2) is 0 Å². The molecule has 0 N–H and O–H groups in total. The Morgan fingerprint density at radius 3 is 3.00 bits per heavy atom. The van der Waals surface area contributed by atoms with Gasteiger partial charge >= 0.3 is 32.0 Å². The first-order chi connectivity index (χ1) is 2.50. The molecule has 0 saturated carbocycles. The summed E-state index contributed by atoms with van der Waals surface area (Å²) in [5, 5.41) is 0. The van der Waals surface area contributed by atoms with Gasteiger partial charge < -0.3 is 0 Å². The second kappa shape index (κ2) is 1.39. The van der Waals surface area contributed by atoms with Crippen LogP contribution in [-0.4, -0.2) is 12.9 Å². The van der Waals surface area contributed by atoms with Gasteiger partial charge in [-0.15, -0.1) is 0 Å². The van der Waals surface area contributed by atoms with Crippen LogP contribution in [0.25, 0.3) is 0 Å². The number of hydrogen-bond donors (Lipinski definition) is 0. The van der Waals surface area contributed by atoms with Crippen molar-refractivity contribution in [2.45, 2.75) is 19.2 Å². The first-order valence-electron chi connectivity index (χ1n) is 2.15. The summed E-state index contributed by atoms with van der Waals surface area (Å²) in [7, 11) is 0. The molecule has 0 bridgehead atoms. The SMILES string of the molecule is B1=CCCC1.[HH]. The Bertz CT molecular complexity index is 45.5. The van der Waals surface area contributed by atoms with Gasteiger partial charge in [0.05, 0.1) is 0 Å². The second-order valence-corrected chi connectivity index (χ2v) is 1.40. The largest absolute Gasteiger partial charge is 0 e. The van der Waals surface area contributed by atoms with Crippen molar-refractivity contribution in [3.8, 4) is 0 Å². The topological polar surface area (TPSA) is 0 Å². The van der Waals surface area contributed by atoms with Gasteiger partial charge in [0.15, 0.2) is 0 Å². The molecule has 0 atom stereocenters. The minimum absolute atomic E-state index is 0. The van der Waals surface area contributed by atoms with E-state index in [0.29, 0.717) is 0 Å². The summed E-state index contributed by atoms with van der Waals surface area (Å²) in [5.41, 5.74) is 0. The molecule has 0 saturated heterocycles. The van der Waals surface area contributed by atoms with Gasteiger partial charge in [0.1, 0.15) is 0 Å². The van der Waals surface area contributed by atoms with Crippen molar-refractivity contribution in [2.24, 2.45) is 0 Å². The van der Waals surface area contributed by atoms with Gasteiger partial charge in [0.2, 0.25) is 0 Å².